The Morgan fingerprint density at radius 1 is 1.03 bits per heavy atom. The largest absolute Gasteiger partial charge is 0.462 e. The van der Waals surface area contributed by atoms with Crippen LogP contribution in [0.3, 0.4) is 0 Å². The second-order valence-corrected chi connectivity index (χ2v) is 7.67. The second-order valence-electron chi connectivity index (χ2n) is 6.47. The van der Waals surface area contributed by atoms with E-state index in [4.69, 9.17) is 13.9 Å². The predicted octanol–water partition coefficient (Wildman–Crippen LogP) is 5.30. The lowest BCUT2D eigenvalue weighted by atomic mass is 10.3. The third-order valence-electron chi connectivity index (χ3n) is 4.15. The Labute approximate surface area is 182 Å². The molecule has 0 aliphatic carbocycles. The van der Waals surface area contributed by atoms with Crippen LogP contribution in [-0.2, 0) is 9.53 Å². The van der Waals surface area contributed by atoms with E-state index in [9.17, 15) is 9.59 Å². The molecule has 0 radical (unpaired) electrons. The Morgan fingerprint density at radius 2 is 1.84 bits per heavy atom. The van der Waals surface area contributed by atoms with Gasteiger partial charge in [-0.2, -0.15) is 0 Å². The fraction of sp³-hybridized carbons (Fsp3) is 0.0870. The monoisotopic (exact) mass is 434 g/mol. The molecule has 2 aromatic heterocycles. The highest BCUT2D eigenvalue weighted by Crippen LogP contribution is 2.28. The normalized spacial score (nSPS) is 10.5. The van der Waals surface area contributed by atoms with Crippen molar-refractivity contribution in [2.24, 2.45) is 0 Å². The summed E-state index contributed by atoms with van der Waals surface area (Å²) in [6.45, 7) is 1.33. The number of para-hydroxylation sites is 1. The number of esters is 1. The Bertz CT molecular complexity index is 1190. The fourth-order valence-electron chi connectivity index (χ4n) is 2.75. The average Bonchev–Trinajstić information content (AvgIpc) is 3.43. The number of hydrogen-bond acceptors (Lipinski definition) is 7. The van der Waals surface area contributed by atoms with Gasteiger partial charge in [0.15, 0.2) is 23.1 Å². The quantitative estimate of drug-likeness (QED) is 0.397. The maximum Gasteiger partial charge on any atom is 0.358 e. The molecule has 0 saturated carbocycles. The van der Waals surface area contributed by atoms with E-state index in [-0.39, 0.29) is 5.69 Å². The van der Waals surface area contributed by atoms with Crippen LogP contribution in [0.4, 0.5) is 5.69 Å². The van der Waals surface area contributed by atoms with Crippen molar-refractivity contribution in [1.29, 1.82) is 0 Å². The molecule has 0 spiro atoms. The van der Waals surface area contributed by atoms with E-state index in [1.165, 1.54) is 17.6 Å². The van der Waals surface area contributed by atoms with E-state index in [2.05, 4.69) is 10.3 Å². The number of amides is 1. The van der Waals surface area contributed by atoms with E-state index in [0.29, 0.717) is 32.8 Å². The van der Waals surface area contributed by atoms with Crippen LogP contribution in [-0.4, -0.2) is 23.5 Å². The summed E-state index contributed by atoms with van der Waals surface area (Å²) in [5, 5.41) is 3.27. The summed E-state index contributed by atoms with van der Waals surface area (Å²) >= 11 is 1.32. The van der Waals surface area contributed by atoms with Gasteiger partial charge in [-0.15, -0.1) is 11.3 Å². The first-order valence-corrected chi connectivity index (χ1v) is 10.2. The first-order chi connectivity index (χ1) is 15.1. The third-order valence-corrected chi connectivity index (χ3v) is 5.14. The standard InChI is InChI=1S/C23H18N2O5S/c1-15-21(25-22(31-15)19-11-6-12-28-19)23(27)29-14-20(26)24-16-7-5-10-18(13-16)30-17-8-3-2-4-9-17/h2-13H,14H2,1H3,(H,24,26). The molecule has 0 unspecified atom stereocenters. The zero-order chi connectivity index (χ0) is 21.6. The van der Waals surface area contributed by atoms with Crippen LogP contribution < -0.4 is 10.1 Å². The molecule has 1 amide bonds. The molecule has 31 heavy (non-hydrogen) atoms. The van der Waals surface area contributed by atoms with E-state index in [1.54, 1.807) is 43.3 Å². The molecule has 0 aliphatic heterocycles. The van der Waals surface area contributed by atoms with E-state index < -0.39 is 18.5 Å². The highest BCUT2D eigenvalue weighted by Gasteiger charge is 2.20. The van der Waals surface area contributed by atoms with Gasteiger partial charge in [-0.25, -0.2) is 9.78 Å². The molecule has 4 rings (SSSR count). The number of anilines is 1. The van der Waals surface area contributed by atoms with Crippen molar-refractivity contribution in [3.63, 3.8) is 0 Å². The number of carbonyl (C=O) groups excluding carboxylic acids is 2. The minimum absolute atomic E-state index is 0.169. The van der Waals surface area contributed by atoms with Gasteiger partial charge in [-0.05, 0) is 43.3 Å². The van der Waals surface area contributed by atoms with Gasteiger partial charge >= 0.3 is 5.97 Å². The number of hydrogen-bond donors (Lipinski definition) is 1. The van der Waals surface area contributed by atoms with Gasteiger partial charge in [0.25, 0.3) is 5.91 Å². The molecule has 8 heteroatoms. The molecule has 2 heterocycles. The molecule has 0 atom stereocenters. The number of nitrogens with one attached hydrogen (secondary N) is 1. The predicted molar refractivity (Wildman–Crippen MR) is 116 cm³/mol. The highest BCUT2D eigenvalue weighted by molar-refractivity contribution is 7.15. The van der Waals surface area contributed by atoms with Gasteiger partial charge in [-0.1, -0.05) is 24.3 Å². The van der Waals surface area contributed by atoms with Crippen molar-refractivity contribution in [1.82, 2.24) is 4.98 Å². The van der Waals surface area contributed by atoms with Crippen molar-refractivity contribution < 1.29 is 23.5 Å². The third kappa shape index (κ3) is 5.18. The van der Waals surface area contributed by atoms with Crippen LogP contribution in [0.5, 0.6) is 11.5 Å². The lowest BCUT2D eigenvalue weighted by Crippen LogP contribution is -2.21. The first-order valence-electron chi connectivity index (χ1n) is 9.40. The number of furan rings is 1. The molecule has 7 nitrogen and oxygen atoms in total. The summed E-state index contributed by atoms with van der Waals surface area (Å²) in [5.41, 5.74) is 0.696. The van der Waals surface area contributed by atoms with Gasteiger partial charge in [0.2, 0.25) is 0 Å². The number of carbonyl (C=O) groups is 2. The lowest BCUT2D eigenvalue weighted by molar-refractivity contribution is -0.119. The number of ether oxygens (including phenoxy) is 2. The molecule has 0 aliphatic rings. The fourth-order valence-corrected chi connectivity index (χ4v) is 3.62. The number of nitrogens with zero attached hydrogens (tertiary/aromatic N) is 1. The summed E-state index contributed by atoms with van der Waals surface area (Å²) in [4.78, 5) is 29.5. The van der Waals surface area contributed by atoms with Crippen molar-refractivity contribution >= 4 is 28.9 Å². The summed E-state index contributed by atoms with van der Waals surface area (Å²) in [5.74, 6) is 0.701. The number of thiazole rings is 1. The summed E-state index contributed by atoms with van der Waals surface area (Å²) < 4.78 is 16.2. The van der Waals surface area contributed by atoms with Crippen molar-refractivity contribution in [2.45, 2.75) is 6.92 Å². The van der Waals surface area contributed by atoms with E-state index in [1.807, 2.05) is 30.3 Å². The van der Waals surface area contributed by atoms with Gasteiger partial charge in [0.1, 0.15) is 11.5 Å². The van der Waals surface area contributed by atoms with Crippen LogP contribution in [0.25, 0.3) is 10.8 Å². The van der Waals surface area contributed by atoms with Crippen LogP contribution in [0, 0.1) is 6.92 Å². The smallest absolute Gasteiger partial charge is 0.358 e. The minimum atomic E-state index is -0.664. The Morgan fingerprint density at radius 3 is 2.61 bits per heavy atom. The molecule has 4 aromatic rings. The number of aromatic nitrogens is 1. The van der Waals surface area contributed by atoms with Crippen LogP contribution in [0.2, 0.25) is 0 Å². The number of aryl methyl sites for hydroxylation is 1. The molecule has 0 fully saturated rings. The number of rotatable bonds is 7. The molecule has 0 bridgehead atoms. The molecular formula is C23H18N2O5S. The highest BCUT2D eigenvalue weighted by atomic mass is 32.1. The average molecular weight is 434 g/mol. The molecule has 0 saturated heterocycles. The molecular weight excluding hydrogens is 416 g/mol. The van der Waals surface area contributed by atoms with Crippen molar-refractivity contribution in [3.05, 3.63) is 83.6 Å². The van der Waals surface area contributed by atoms with Crippen LogP contribution in [0.15, 0.2) is 77.4 Å². The van der Waals surface area contributed by atoms with Gasteiger partial charge in [-0.3, -0.25) is 4.79 Å². The zero-order valence-corrected chi connectivity index (χ0v) is 17.3. The topological polar surface area (TPSA) is 90.7 Å². The van der Waals surface area contributed by atoms with Crippen molar-refractivity contribution in [2.75, 3.05) is 11.9 Å². The number of benzene rings is 2. The first kappa shape index (κ1) is 20.4. The summed E-state index contributed by atoms with van der Waals surface area (Å²) in [6, 6.07) is 19.8. The molecule has 1 N–H and O–H groups in total. The van der Waals surface area contributed by atoms with Gasteiger partial charge in [0, 0.05) is 16.6 Å². The maximum absolute atomic E-state index is 12.4. The van der Waals surface area contributed by atoms with Crippen molar-refractivity contribution in [3.8, 4) is 22.3 Å². The SMILES string of the molecule is Cc1sc(-c2ccco2)nc1C(=O)OCC(=O)Nc1cccc(Oc2ccccc2)c1. The van der Waals surface area contributed by atoms with Crippen LogP contribution >= 0.6 is 11.3 Å². The van der Waals surface area contributed by atoms with E-state index in [0.717, 1.165) is 0 Å². The molecule has 2 aromatic carbocycles. The summed E-state index contributed by atoms with van der Waals surface area (Å²) in [7, 11) is 0. The summed E-state index contributed by atoms with van der Waals surface area (Å²) in [6.07, 6.45) is 1.54. The Kier molecular flexibility index (Phi) is 6.09. The van der Waals surface area contributed by atoms with Crippen LogP contribution in [0.1, 0.15) is 15.4 Å². The van der Waals surface area contributed by atoms with E-state index >= 15 is 0 Å². The maximum atomic E-state index is 12.4. The minimum Gasteiger partial charge on any atom is -0.462 e. The Balaban J connectivity index is 1.33. The van der Waals surface area contributed by atoms with Gasteiger partial charge in [0.05, 0.1) is 6.26 Å². The zero-order valence-electron chi connectivity index (χ0n) is 16.5. The second kappa shape index (κ2) is 9.27. The Hall–Kier alpha value is -3.91. The lowest BCUT2D eigenvalue weighted by Gasteiger charge is -2.09. The molecule has 156 valence electrons. The van der Waals surface area contributed by atoms with Gasteiger partial charge < -0.3 is 19.2 Å².